The second-order valence-corrected chi connectivity index (χ2v) is 7.45. The summed E-state index contributed by atoms with van der Waals surface area (Å²) in [5.41, 5.74) is 2.31. The zero-order valence-electron chi connectivity index (χ0n) is 11.4. The minimum Gasteiger partial charge on any atom is -0.347 e. The van der Waals surface area contributed by atoms with Crippen LogP contribution in [0.5, 0.6) is 0 Å². The Bertz CT molecular complexity index is 794. The van der Waals surface area contributed by atoms with Crippen molar-refractivity contribution in [1.29, 1.82) is 0 Å². The number of benzene rings is 1. The third-order valence-corrected chi connectivity index (χ3v) is 4.39. The van der Waals surface area contributed by atoms with Gasteiger partial charge in [-0.3, -0.25) is 4.79 Å². The van der Waals surface area contributed by atoms with Gasteiger partial charge in [0, 0.05) is 33.7 Å². The van der Waals surface area contributed by atoms with E-state index in [-0.39, 0.29) is 12.3 Å². The van der Waals surface area contributed by atoms with Crippen molar-refractivity contribution in [3.05, 3.63) is 33.9 Å². The van der Waals surface area contributed by atoms with Gasteiger partial charge >= 0.3 is 0 Å². The SMILES string of the molecule is Cc1c(C(=O)CNS(C)(=O)=O)c2cc(Br)ccc2n1C. The van der Waals surface area contributed by atoms with Crippen LogP contribution < -0.4 is 4.72 Å². The second-order valence-electron chi connectivity index (χ2n) is 4.70. The lowest BCUT2D eigenvalue weighted by Gasteiger charge is -2.03. The number of hydrogen-bond donors (Lipinski definition) is 1. The number of hydrogen-bond acceptors (Lipinski definition) is 3. The quantitative estimate of drug-likeness (QED) is 0.849. The van der Waals surface area contributed by atoms with Gasteiger partial charge in [0.25, 0.3) is 0 Å². The van der Waals surface area contributed by atoms with Crippen molar-refractivity contribution in [2.75, 3.05) is 12.8 Å². The molecule has 2 aromatic rings. The number of aromatic nitrogens is 1. The summed E-state index contributed by atoms with van der Waals surface area (Å²) in [4.78, 5) is 12.3. The maximum absolute atomic E-state index is 12.3. The number of nitrogens with zero attached hydrogens (tertiary/aromatic N) is 1. The van der Waals surface area contributed by atoms with Gasteiger partial charge < -0.3 is 4.57 Å². The fourth-order valence-electron chi connectivity index (χ4n) is 2.18. The third-order valence-electron chi connectivity index (χ3n) is 3.23. The van der Waals surface area contributed by atoms with Crippen LogP contribution in [0.15, 0.2) is 22.7 Å². The lowest BCUT2D eigenvalue weighted by molar-refractivity contribution is 0.0998. The summed E-state index contributed by atoms with van der Waals surface area (Å²) >= 11 is 3.39. The smallest absolute Gasteiger partial charge is 0.209 e. The molecular formula is C13H15BrN2O3S. The molecule has 1 aromatic heterocycles. The molecule has 20 heavy (non-hydrogen) atoms. The first-order valence-electron chi connectivity index (χ1n) is 5.93. The number of aryl methyl sites for hydroxylation is 1. The van der Waals surface area contributed by atoms with Gasteiger partial charge in [0.15, 0.2) is 5.78 Å². The predicted octanol–water partition coefficient (Wildman–Crippen LogP) is 1.98. The minimum atomic E-state index is -3.38. The van der Waals surface area contributed by atoms with E-state index in [1.165, 1.54) is 0 Å². The van der Waals surface area contributed by atoms with Crippen LogP contribution in [0.1, 0.15) is 16.1 Å². The number of Topliss-reactive ketones (excluding diaryl/α,β-unsaturated/α-hetero) is 1. The summed E-state index contributed by atoms with van der Waals surface area (Å²) in [5, 5.41) is 0.819. The summed E-state index contributed by atoms with van der Waals surface area (Å²) in [7, 11) is -1.50. The van der Waals surface area contributed by atoms with Crippen LogP contribution in [-0.2, 0) is 17.1 Å². The molecule has 108 valence electrons. The second kappa shape index (κ2) is 5.31. The van der Waals surface area contributed by atoms with Gasteiger partial charge in [0.05, 0.1) is 12.8 Å². The molecule has 0 aliphatic heterocycles. The Morgan fingerprint density at radius 3 is 2.65 bits per heavy atom. The molecule has 0 bridgehead atoms. The van der Waals surface area contributed by atoms with Crippen molar-refractivity contribution < 1.29 is 13.2 Å². The van der Waals surface area contributed by atoms with Crippen molar-refractivity contribution in [3.63, 3.8) is 0 Å². The molecule has 0 unspecified atom stereocenters. The van der Waals surface area contributed by atoms with Crippen LogP contribution in [0.2, 0.25) is 0 Å². The predicted molar refractivity (Wildman–Crippen MR) is 82.5 cm³/mol. The molecule has 0 fully saturated rings. The number of carbonyl (C=O) groups excluding carboxylic acids is 1. The van der Waals surface area contributed by atoms with Crippen LogP contribution >= 0.6 is 15.9 Å². The highest BCUT2D eigenvalue weighted by molar-refractivity contribution is 9.10. The summed E-state index contributed by atoms with van der Waals surface area (Å²) in [5.74, 6) is -0.239. The molecule has 1 N–H and O–H groups in total. The highest BCUT2D eigenvalue weighted by Crippen LogP contribution is 2.28. The van der Waals surface area contributed by atoms with E-state index >= 15 is 0 Å². The molecule has 0 spiro atoms. The van der Waals surface area contributed by atoms with E-state index in [4.69, 9.17) is 0 Å². The molecule has 0 saturated heterocycles. The Morgan fingerprint density at radius 1 is 1.40 bits per heavy atom. The van der Waals surface area contributed by atoms with Crippen LogP contribution in [-0.4, -0.2) is 31.6 Å². The van der Waals surface area contributed by atoms with Gasteiger partial charge in [-0.2, -0.15) is 0 Å². The first-order chi connectivity index (χ1) is 9.20. The lowest BCUT2D eigenvalue weighted by atomic mass is 10.1. The van der Waals surface area contributed by atoms with E-state index in [0.717, 1.165) is 27.3 Å². The maximum atomic E-state index is 12.3. The average molecular weight is 359 g/mol. The number of fused-ring (bicyclic) bond motifs is 1. The van der Waals surface area contributed by atoms with Gasteiger partial charge in [-0.05, 0) is 25.1 Å². The van der Waals surface area contributed by atoms with E-state index in [1.807, 2.05) is 36.7 Å². The fourth-order valence-corrected chi connectivity index (χ4v) is 2.94. The van der Waals surface area contributed by atoms with Gasteiger partial charge in [0.2, 0.25) is 10.0 Å². The molecular weight excluding hydrogens is 344 g/mol. The normalized spacial score (nSPS) is 12.0. The van der Waals surface area contributed by atoms with Crippen LogP contribution in [0.3, 0.4) is 0 Å². The summed E-state index contributed by atoms with van der Waals surface area (Å²) in [6, 6.07) is 5.70. The number of halogens is 1. The van der Waals surface area contributed by atoms with Crippen molar-refractivity contribution >= 4 is 42.6 Å². The Morgan fingerprint density at radius 2 is 2.05 bits per heavy atom. The highest BCUT2D eigenvalue weighted by atomic mass is 79.9. The van der Waals surface area contributed by atoms with Crippen LogP contribution in [0.25, 0.3) is 10.9 Å². The zero-order valence-corrected chi connectivity index (χ0v) is 13.8. The number of nitrogens with one attached hydrogen (secondary N) is 1. The van der Waals surface area contributed by atoms with Crippen molar-refractivity contribution in [2.45, 2.75) is 6.92 Å². The Hall–Kier alpha value is -1.18. The van der Waals surface area contributed by atoms with Gasteiger partial charge in [-0.15, -0.1) is 0 Å². The molecule has 1 heterocycles. The number of ketones is 1. The fraction of sp³-hybridized carbons (Fsp3) is 0.308. The maximum Gasteiger partial charge on any atom is 0.209 e. The van der Waals surface area contributed by atoms with Crippen LogP contribution in [0.4, 0.5) is 0 Å². The largest absolute Gasteiger partial charge is 0.347 e. The highest BCUT2D eigenvalue weighted by Gasteiger charge is 2.19. The van der Waals surface area contributed by atoms with Crippen molar-refractivity contribution in [2.24, 2.45) is 7.05 Å². The zero-order chi connectivity index (χ0) is 15.1. The van der Waals surface area contributed by atoms with Crippen molar-refractivity contribution in [3.8, 4) is 0 Å². The topological polar surface area (TPSA) is 68.2 Å². The molecule has 0 amide bonds. The van der Waals surface area contributed by atoms with E-state index in [1.54, 1.807) is 0 Å². The molecule has 1 aromatic carbocycles. The van der Waals surface area contributed by atoms with Crippen molar-refractivity contribution in [1.82, 2.24) is 9.29 Å². The Balaban J connectivity index is 2.51. The van der Waals surface area contributed by atoms with Gasteiger partial charge in [0.1, 0.15) is 0 Å². The molecule has 0 aliphatic rings. The summed E-state index contributed by atoms with van der Waals surface area (Å²) in [6.07, 6.45) is 1.03. The first kappa shape index (κ1) is 15.2. The molecule has 0 radical (unpaired) electrons. The molecule has 0 saturated carbocycles. The van der Waals surface area contributed by atoms with Gasteiger partial charge in [-0.25, -0.2) is 13.1 Å². The molecule has 2 rings (SSSR count). The average Bonchev–Trinajstić information content (AvgIpc) is 2.58. The summed E-state index contributed by atoms with van der Waals surface area (Å²) in [6.45, 7) is 1.62. The lowest BCUT2D eigenvalue weighted by Crippen LogP contribution is -2.28. The molecule has 5 nitrogen and oxygen atoms in total. The van der Waals surface area contributed by atoms with Crippen LogP contribution in [0, 0.1) is 6.92 Å². The number of carbonyl (C=O) groups is 1. The minimum absolute atomic E-state index is 0.231. The van der Waals surface area contributed by atoms with E-state index in [2.05, 4.69) is 20.7 Å². The molecule has 0 atom stereocenters. The van der Waals surface area contributed by atoms with E-state index in [0.29, 0.717) is 5.56 Å². The molecule has 7 heteroatoms. The first-order valence-corrected chi connectivity index (χ1v) is 8.61. The van der Waals surface area contributed by atoms with E-state index in [9.17, 15) is 13.2 Å². The third kappa shape index (κ3) is 2.94. The summed E-state index contributed by atoms with van der Waals surface area (Å²) < 4.78 is 27.2. The molecule has 0 aliphatic carbocycles. The number of rotatable bonds is 4. The Kier molecular flexibility index (Phi) is 4.04. The standard InChI is InChI=1S/C13H15BrN2O3S/c1-8-13(12(17)7-15-20(3,18)19)10-6-9(14)4-5-11(10)16(8)2/h4-6,15H,7H2,1-3H3. The monoisotopic (exact) mass is 358 g/mol. The van der Waals surface area contributed by atoms with Gasteiger partial charge in [-0.1, -0.05) is 15.9 Å². The Labute approximate surface area is 126 Å². The number of sulfonamides is 1. The van der Waals surface area contributed by atoms with E-state index < -0.39 is 10.0 Å².